The molecule has 6 aromatic rings. The molecule has 0 saturated carbocycles. The molecule has 0 aliphatic rings. The number of pyridine rings is 4. The Bertz CT molecular complexity index is 1780. The van der Waals surface area contributed by atoms with E-state index < -0.39 is 0 Å². The van der Waals surface area contributed by atoms with Crippen LogP contribution in [0.25, 0.3) is 55.7 Å². The van der Waals surface area contributed by atoms with E-state index in [4.69, 9.17) is 0 Å². The third-order valence-electron chi connectivity index (χ3n) is 6.23. The first-order valence-corrected chi connectivity index (χ1v) is 12.3. The Morgan fingerprint density at radius 3 is 2.55 bits per heavy atom. The predicted octanol–water partition coefficient (Wildman–Crippen LogP) is 6.00. The standard InChI is InChI=1S/C29H26N8O/c1-29(2,3)12-25(38)34-20-9-18(14-31-16-20)19-10-23-26(36-37-28(23)33-15-19)24-11-22-21(6-8-32-27(22)35-24)17-5-4-7-30-13-17/h4-11,13-16H,12H2,1-3H3,(H,32,35)(H,34,38)(H,33,36,37). The number of fused-ring (bicyclic) bond motifs is 2. The van der Waals surface area contributed by atoms with Gasteiger partial charge in [-0.15, -0.1) is 0 Å². The van der Waals surface area contributed by atoms with Gasteiger partial charge in [-0.05, 0) is 41.3 Å². The molecule has 0 fully saturated rings. The fraction of sp³-hybridized carbons (Fsp3) is 0.172. The van der Waals surface area contributed by atoms with Crippen LogP contribution in [0.5, 0.6) is 0 Å². The van der Waals surface area contributed by atoms with E-state index in [1.54, 1.807) is 31.0 Å². The first-order chi connectivity index (χ1) is 18.3. The molecule has 6 heterocycles. The van der Waals surface area contributed by atoms with Crippen molar-refractivity contribution in [1.82, 2.24) is 35.1 Å². The molecule has 188 valence electrons. The van der Waals surface area contributed by atoms with Crippen molar-refractivity contribution in [3.8, 4) is 33.6 Å². The van der Waals surface area contributed by atoms with Gasteiger partial charge in [0.2, 0.25) is 5.91 Å². The van der Waals surface area contributed by atoms with Crippen molar-refractivity contribution < 1.29 is 4.79 Å². The summed E-state index contributed by atoms with van der Waals surface area (Å²) in [5.41, 5.74) is 7.37. The number of nitrogens with zero attached hydrogens (tertiary/aromatic N) is 5. The quantitative estimate of drug-likeness (QED) is 0.265. The van der Waals surface area contributed by atoms with E-state index in [1.807, 2.05) is 57.3 Å². The van der Waals surface area contributed by atoms with E-state index in [0.717, 1.165) is 50.1 Å². The highest BCUT2D eigenvalue weighted by atomic mass is 16.1. The fourth-order valence-corrected chi connectivity index (χ4v) is 4.55. The van der Waals surface area contributed by atoms with Crippen molar-refractivity contribution in [2.24, 2.45) is 5.41 Å². The number of aromatic amines is 2. The number of carbonyl (C=O) groups is 1. The highest BCUT2D eigenvalue weighted by Crippen LogP contribution is 2.34. The topological polar surface area (TPSA) is 125 Å². The average molecular weight is 503 g/mol. The van der Waals surface area contributed by atoms with Gasteiger partial charge in [-0.25, -0.2) is 9.97 Å². The van der Waals surface area contributed by atoms with Crippen LogP contribution in [0.4, 0.5) is 5.69 Å². The van der Waals surface area contributed by atoms with Crippen LogP contribution in [-0.2, 0) is 4.79 Å². The average Bonchev–Trinajstić information content (AvgIpc) is 3.51. The first kappa shape index (κ1) is 23.5. The Labute approximate surface area is 218 Å². The van der Waals surface area contributed by atoms with Crippen molar-refractivity contribution in [2.75, 3.05) is 5.32 Å². The summed E-state index contributed by atoms with van der Waals surface area (Å²) in [6.07, 6.45) is 11.0. The molecule has 0 unspecified atom stereocenters. The van der Waals surface area contributed by atoms with E-state index in [9.17, 15) is 4.79 Å². The van der Waals surface area contributed by atoms with Crippen molar-refractivity contribution in [3.63, 3.8) is 0 Å². The molecule has 0 saturated heterocycles. The number of H-pyrrole nitrogens is 2. The molecule has 0 atom stereocenters. The van der Waals surface area contributed by atoms with Gasteiger partial charge in [-0.2, -0.15) is 5.10 Å². The molecule has 6 aromatic heterocycles. The molecule has 9 heteroatoms. The molecule has 1 amide bonds. The summed E-state index contributed by atoms with van der Waals surface area (Å²) in [5.74, 6) is -0.0415. The number of hydrogen-bond donors (Lipinski definition) is 3. The molecule has 0 spiro atoms. The third-order valence-corrected chi connectivity index (χ3v) is 6.23. The van der Waals surface area contributed by atoms with Gasteiger partial charge in [0.05, 0.1) is 23.3 Å². The highest BCUT2D eigenvalue weighted by Gasteiger charge is 2.17. The Morgan fingerprint density at radius 1 is 0.895 bits per heavy atom. The molecule has 0 aliphatic carbocycles. The van der Waals surface area contributed by atoms with Gasteiger partial charge >= 0.3 is 0 Å². The van der Waals surface area contributed by atoms with E-state index in [-0.39, 0.29) is 11.3 Å². The predicted molar refractivity (Wildman–Crippen MR) is 148 cm³/mol. The zero-order valence-corrected chi connectivity index (χ0v) is 21.3. The monoisotopic (exact) mass is 502 g/mol. The van der Waals surface area contributed by atoms with E-state index >= 15 is 0 Å². The lowest BCUT2D eigenvalue weighted by Crippen LogP contribution is -2.19. The van der Waals surface area contributed by atoms with Crippen molar-refractivity contribution in [2.45, 2.75) is 27.2 Å². The maximum Gasteiger partial charge on any atom is 0.224 e. The Morgan fingerprint density at radius 2 is 1.74 bits per heavy atom. The molecule has 0 aromatic carbocycles. The number of anilines is 1. The fourth-order valence-electron chi connectivity index (χ4n) is 4.55. The summed E-state index contributed by atoms with van der Waals surface area (Å²) >= 11 is 0. The number of rotatable bonds is 5. The van der Waals surface area contributed by atoms with Crippen LogP contribution in [0.1, 0.15) is 27.2 Å². The number of amides is 1. The van der Waals surface area contributed by atoms with Crippen LogP contribution < -0.4 is 5.32 Å². The Balaban J connectivity index is 1.36. The van der Waals surface area contributed by atoms with E-state index in [1.165, 1.54) is 0 Å². The second kappa shape index (κ2) is 9.19. The molecular formula is C29H26N8O. The van der Waals surface area contributed by atoms with Crippen LogP contribution in [0, 0.1) is 5.41 Å². The van der Waals surface area contributed by atoms with Crippen molar-refractivity contribution >= 4 is 33.7 Å². The summed E-state index contributed by atoms with van der Waals surface area (Å²) in [7, 11) is 0. The summed E-state index contributed by atoms with van der Waals surface area (Å²) in [4.78, 5) is 33.5. The second-order valence-electron chi connectivity index (χ2n) is 10.5. The number of aromatic nitrogens is 7. The molecule has 3 N–H and O–H groups in total. The van der Waals surface area contributed by atoms with Gasteiger partial charge in [-0.1, -0.05) is 26.8 Å². The van der Waals surface area contributed by atoms with Crippen LogP contribution in [0.3, 0.4) is 0 Å². The zero-order chi connectivity index (χ0) is 26.3. The highest BCUT2D eigenvalue weighted by molar-refractivity contribution is 6.00. The normalized spacial score (nSPS) is 11.8. The van der Waals surface area contributed by atoms with Gasteiger partial charge in [0, 0.05) is 64.9 Å². The van der Waals surface area contributed by atoms with Gasteiger partial charge < -0.3 is 10.3 Å². The number of hydrogen-bond acceptors (Lipinski definition) is 6. The Kier molecular flexibility index (Phi) is 5.68. The number of carbonyl (C=O) groups excluding carboxylic acids is 1. The minimum absolute atomic E-state index is 0.0415. The van der Waals surface area contributed by atoms with Gasteiger partial charge in [0.1, 0.15) is 5.65 Å². The van der Waals surface area contributed by atoms with Gasteiger partial charge in [0.25, 0.3) is 0 Å². The minimum atomic E-state index is -0.0986. The molecule has 9 nitrogen and oxygen atoms in total. The van der Waals surface area contributed by atoms with Gasteiger partial charge in [-0.3, -0.25) is 19.9 Å². The van der Waals surface area contributed by atoms with E-state index in [2.05, 4.69) is 46.5 Å². The maximum atomic E-state index is 12.4. The molecule has 6 rings (SSSR count). The van der Waals surface area contributed by atoms with Crippen LogP contribution in [-0.4, -0.2) is 41.0 Å². The SMILES string of the molecule is CC(C)(C)CC(=O)Nc1cncc(-c2cnc3n[nH]c(-c4cc5c(-c6cccnc6)ccnc5[nH]4)c3c2)c1. The summed E-state index contributed by atoms with van der Waals surface area (Å²) < 4.78 is 0. The molecule has 0 radical (unpaired) electrons. The molecular weight excluding hydrogens is 476 g/mol. The van der Waals surface area contributed by atoms with Crippen LogP contribution in [0.2, 0.25) is 0 Å². The molecule has 0 aliphatic heterocycles. The lowest BCUT2D eigenvalue weighted by Gasteiger charge is -2.17. The van der Waals surface area contributed by atoms with Crippen molar-refractivity contribution in [1.29, 1.82) is 0 Å². The number of nitrogens with one attached hydrogen (secondary N) is 3. The summed E-state index contributed by atoms with van der Waals surface area (Å²) in [6.45, 7) is 6.11. The summed E-state index contributed by atoms with van der Waals surface area (Å²) in [6, 6.07) is 11.9. The molecule has 38 heavy (non-hydrogen) atoms. The molecule has 0 bridgehead atoms. The lowest BCUT2D eigenvalue weighted by atomic mass is 9.92. The minimum Gasteiger partial charge on any atom is -0.338 e. The second-order valence-corrected chi connectivity index (χ2v) is 10.5. The zero-order valence-electron chi connectivity index (χ0n) is 21.3. The van der Waals surface area contributed by atoms with Gasteiger partial charge in [0.15, 0.2) is 5.65 Å². The maximum absolute atomic E-state index is 12.4. The van der Waals surface area contributed by atoms with Crippen molar-refractivity contribution in [3.05, 3.63) is 73.6 Å². The lowest BCUT2D eigenvalue weighted by molar-refractivity contribution is -0.117. The van der Waals surface area contributed by atoms with Crippen LogP contribution >= 0.6 is 0 Å². The Hall–Kier alpha value is -4.92. The smallest absolute Gasteiger partial charge is 0.224 e. The summed E-state index contributed by atoms with van der Waals surface area (Å²) in [5, 5.41) is 12.4. The first-order valence-electron chi connectivity index (χ1n) is 12.3. The third kappa shape index (κ3) is 4.61. The largest absolute Gasteiger partial charge is 0.338 e. The van der Waals surface area contributed by atoms with E-state index in [0.29, 0.717) is 17.8 Å². The van der Waals surface area contributed by atoms with Crippen LogP contribution in [0.15, 0.2) is 73.6 Å².